The third-order valence-electron chi connectivity index (χ3n) is 5.66. The molecule has 0 unspecified atom stereocenters. The van der Waals surface area contributed by atoms with E-state index in [0.29, 0.717) is 13.1 Å². The predicted molar refractivity (Wildman–Crippen MR) is 114 cm³/mol. The van der Waals surface area contributed by atoms with E-state index in [1.165, 1.54) is 25.7 Å². The molecule has 1 aromatic heterocycles. The summed E-state index contributed by atoms with van der Waals surface area (Å²) in [6, 6.07) is 11.7. The first-order chi connectivity index (χ1) is 13.7. The van der Waals surface area contributed by atoms with Gasteiger partial charge in [-0.05, 0) is 43.2 Å². The van der Waals surface area contributed by atoms with E-state index in [9.17, 15) is 4.79 Å². The van der Waals surface area contributed by atoms with Crippen molar-refractivity contribution in [2.24, 2.45) is 0 Å². The van der Waals surface area contributed by atoms with Gasteiger partial charge in [0.2, 0.25) is 0 Å². The largest absolute Gasteiger partial charge is 0.368 e. The Bertz CT molecular complexity index is 812. The van der Waals surface area contributed by atoms with Crippen LogP contribution in [0.25, 0.3) is 0 Å². The summed E-state index contributed by atoms with van der Waals surface area (Å²) in [4.78, 5) is 24.1. The molecule has 3 heterocycles. The zero-order chi connectivity index (χ0) is 19.3. The molecule has 0 bridgehead atoms. The molecule has 2 aliphatic heterocycles. The van der Waals surface area contributed by atoms with E-state index >= 15 is 0 Å². The number of carbonyl (C=O) groups is 1. The number of nitrogens with zero attached hydrogens (tertiary/aromatic N) is 4. The molecule has 2 saturated heterocycles. The molecule has 0 N–H and O–H groups in total. The van der Waals surface area contributed by atoms with E-state index in [1.54, 1.807) is 6.20 Å². The van der Waals surface area contributed by atoms with Crippen LogP contribution in [0.1, 0.15) is 36.0 Å². The minimum Gasteiger partial charge on any atom is -0.368 e. The zero-order valence-electron chi connectivity index (χ0n) is 16.2. The van der Waals surface area contributed by atoms with E-state index in [0.717, 1.165) is 48.3 Å². The number of halogens is 1. The number of hydrogen-bond donors (Lipinski definition) is 0. The molecule has 0 spiro atoms. The summed E-state index contributed by atoms with van der Waals surface area (Å²) >= 11 is 6.11. The average molecular weight is 399 g/mol. The van der Waals surface area contributed by atoms with E-state index in [1.807, 2.05) is 35.2 Å². The molecule has 0 radical (unpaired) electrons. The van der Waals surface area contributed by atoms with Crippen molar-refractivity contribution in [3.8, 4) is 0 Å². The van der Waals surface area contributed by atoms with Crippen molar-refractivity contribution in [3.63, 3.8) is 0 Å². The number of pyridine rings is 1. The molecule has 5 nitrogen and oxygen atoms in total. The van der Waals surface area contributed by atoms with Crippen LogP contribution in [0.3, 0.4) is 0 Å². The Labute approximate surface area is 171 Å². The van der Waals surface area contributed by atoms with Gasteiger partial charge in [-0.15, -0.1) is 0 Å². The van der Waals surface area contributed by atoms with E-state index < -0.39 is 0 Å². The molecular weight excluding hydrogens is 372 g/mol. The number of aromatic nitrogens is 1. The van der Waals surface area contributed by atoms with Crippen molar-refractivity contribution < 1.29 is 4.79 Å². The van der Waals surface area contributed by atoms with Crippen molar-refractivity contribution in [2.75, 3.05) is 49.1 Å². The fourth-order valence-corrected chi connectivity index (χ4v) is 4.23. The van der Waals surface area contributed by atoms with Crippen LogP contribution in [0, 0.1) is 0 Å². The lowest BCUT2D eigenvalue weighted by Gasteiger charge is -2.36. The van der Waals surface area contributed by atoms with Crippen LogP contribution in [0.15, 0.2) is 42.6 Å². The van der Waals surface area contributed by atoms with Gasteiger partial charge in [-0.3, -0.25) is 4.79 Å². The summed E-state index contributed by atoms with van der Waals surface area (Å²) in [7, 11) is 0. The first kappa shape index (κ1) is 19.1. The van der Waals surface area contributed by atoms with Gasteiger partial charge >= 0.3 is 0 Å². The molecule has 2 aliphatic rings. The molecule has 4 rings (SSSR count). The number of amides is 1. The second kappa shape index (κ2) is 8.82. The van der Waals surface area contributed by atoms with Gasteiger partial charge in [0.25, 0.3) is 5.91 Å². The smallest absolute Gasteiger partial charge is 0.254 e. The molecule has 0 saturated carbocycles. The molecular formula is C22H27ClN4O. The first-order valence-electron chi connectivity index (χ1n) is 10.2. The normalized spacial score (nSPS) is 18.1. The molecule has 0 aliphatic carbocycles. The summed E-state index contributed by atoms with van der Waals surface area (Å²) in [5.74, 6) is 1.04. The molecule has 0 atom stereocenters. The van der Waals surface area contributed by atoms with Gasteiger partial charge in [0, 0.05) is 61.7 Å². The molecule has 2 fully saturated rings. The number of carbonyl (C=O) groups excluding carboxylic acids is 1. The van der Waals surface area contributed by atoms with Crippen molar-refractivity contribution >= 4 is 29.0 Å². The fraction of sp³-hybridized carbons (Fsp3) is 0.455. The van der Waals surface area contributed by atoms with Crippen LogP contribution < -0.4 is 9.80 Å². The van der Waals surface area contributed by atoms with Gasteiger partial charge < -0.3 is 14.7 Å². The van der Waals surface area contributed by atoms with E-state index in [4.69, 9.17) is 11.6 Å². The number of piperazine rings is 1. The topological polar surface area (TPSA) is 39.7 Å². The summed E-state index contributed by atoms with van der Waals surface area (Å²) in [5, 5.41) is 0.744. The summed E-state index contributed by atoms with van der Waals surface area (Å²) in [6.07, 6.45) is 6.74. The molecule has 1 aromatic carbocycles. The maximum Gasteiger partial charge on any atom is 0.254 e. The highest BCUT2D eigenvalue weighted by Crippen LogP contribution is 2.22. The Morgan fingerprint density at radius 2 is 1.61 bits per heavy atom. The highest BCUT2D eigenvalue weighted by molar-refractivity contribution is 6.30. The summed E-state index contributed by atoms with van der Waals surface area (Å²) in [6.45, 7) is 5.12. The van der Waals surface area contributed by atoms with Crippen LogP contribution in [-0.4, -0.2) is 55.1 Å². The zero-order valence-corrected chi connectivity index (χ0v) is 16.9. The second-order valence-corrected chi connectivity index (χ2v) is 8.00. The Balaban J connectivity index is 1.40. The SMILES string of the molecule is O=C(c1ccnc(N2CCCCCC2)c1)N1CCN(c2cccc(Cl)c2)CC1. The van der Waals surface area contributed by atoms with Crippen molar-refractivity contribution in [1.29, 1.82) is 0 Å². The van der Waals surface area contributed by atoms with Crippen LogP contribution in [-0.2, 0) is 0 Å². The molecule has 148 valence electrons. The number of rotatable bonds is 3. The van der Waals surface area contributed by atoms with Gasteiger partial charge in [-0.25, -0.2) is 4.98 Å². The third kappa shape index (κ3) is 4.41. The maximum absolute atomic E-state index is 13.0. The third-order valence-corrected chi connectivity index (χ3v) is 5.90. The number of benzene rings is 1. The number of hydrogen-bond acceptors (Lipinski definition) is 4. The van der Waals surface area contributed by atoms with Crippen LogP contribution in [0.5, 0.6) is 0 Å². The van der Waals surface area contributed by atoms with Crippen molar-refractivity contribution in [1.82, 2.24) is 9.88 Å². The first-order valence-corrected chi connectivity index (χ1v) is 10.6. The van der Waals surface area contributed by atoms with E-state index in [-0.39, 0.29) is 5.91 Å². The quantitative estimate of drug-likeness (QED) is 0.781. The number of anilines is 2. The van der Waals surface area contributed by atoms with E-state index in [2.05, 4.69) is 20.9 Å². The van der Waals surface area contributed by atoms with Gasteiger partial charge in [-0.1, -0.05) is 30.5 Å². The Hall–Kier alpha value is -2.27. The van der Waals surface area contributed by atoms with Crippen molar-refractivity contribution in [3.05, 3.63) is 53.2 Å². The molecule has 2 aromatic rings. The summed E-state index contributed by atoms with van der Waals surface area (Å²) in [5.41, 5.74) is 1.86. The highest BCUT2D eigenvalue weighted by Gasteiger charge is 2.23. The molecule has 6 heteroatoms. The minimum absolute atomic E-state index is 0.101. The second-order valence-electron chi connectivity index (χ2n) is 7.56. The molecule has 28 heavy (non-hydrogen) atoms. The lowest BCUT2D eigenvalue weighted by atomic mass is 10.2. The van der Waals surface area contributed by atoms with Gasteiger partial charge in [0.05, 0.1) is 0 Å². The average Bonchev–Trinajstić information content (AvgIpc) is 3.03. The predicted octanol–water partition coefficient (Wildman–Crippen LogP) is 4.08. The minimum atomic E-state index is 0.101. The summed E-state index contributed by atoms with van der Waals surface area (Å²) < 4.78 is 0. The van der Waals surface area contributed by atoms with Crippen LogP contribution in [0.4, 0.5) is 11.5 Å². The van der Waals surface area contributed by atoms with Gasteiger partial charge in [0.15, 0.2) is 0 Å². The Morgan fingerprint density at radius 3 is 2.32 bits per heavy atom. The molecule has 1 amide bonds. The van der Waals surface area contributed by atoms with Crippen LogP contribution >= 0.6 is 11.6 Å². The van der Waals surface area contributed by atoms with Crippen LogP contribution in [0.2, 0.25) is 5.02 Å². The van der Waals surface area contributed by atoms with Crippen molar-refractivity contribution in [2.45, 2.75) is 25.7 Å². The Kier molecular flexibility index (Phi) is 6.01. The lowest BCUT2D eigenvalue weighted by Crippen LogP contribution is -2.48. The van der Waals surface area contributed by atoms with Gasteiger partial charge in [0.1, 0.15) is 5.82 Å². The monoisotopic (exact) mass is 398 g/mol. The fourth-order valence-electron chi connectivity index (χ4n) is 4.05. The highest BCUT2D eigenvalue weighted by atomic mass is 35.5. The maximum atomic E-state index is 13.0. The Morgan fingerprint density at radius 1 is 0.857 bits per heavy atom. The van der Waals surface area contributed by atoms with Gasteiger partial charge in [-0.2, -0.15) is 0 Å². The lowest BCUT2D eigenvalue weighted by molar-refractivity contribution is 0.0746. The standard InChI is InChI=1S/C22H27ClN4O/c23-19-6-5-7-20(17-19)25-12-14-27(15-13-25)22(28)18-8-9-24-21(16-18)26-10-3-1-2-4-11-26/h5-9,16-17H,1-4,10-15H2.